The van der Waals surface area contributed by atoms with E-state index in [1.54, 1.807) is 18.9 Å². The van der Waals surface area contributed by atoms with Gasteiger partial charge >= 0.3 is 0 Å². The maximum Gasteiger partial charge on any atom is 0.0964 e. The lowest BCUT2D eigenvalue weighted by molar-refractivity contribution is 0.218. The van der Waals surface area contributed by atoms with E-state index < -0.39 is 0 Å². The first-order chi connectivity index (χ1) is 6.24. The van der Waals surface area contributed by atoms with Gasteiger partial charge in [0.15, 0.2) is 0 Å². The number of rotatable bonds is 4. The first kappa shape index (κ1) is 11.0. The van der Waals surface area contributed by atoms with Gasteiger partial charge in [-0.3, -0.25) is 0 Å². The summed E-state index contributed by atoms with van der Waals surface area (Å²) in [6.45, 7) is 2.83. The molecule has 0 saturated heterocycles. The molecule has 2 nitrogen and oxygen atoms in total. The summed E-state index contributed by atoms with van der Waals surface area (Å²) in [5.74, 6) is 0.949. The Morgan fingerprint density at radius 3 is 3.00 bits per heavy atom. The van der Waals surface area contributed by atoms with Crippen LogP contribution in [0.15, 0.2) is 21.8 Å². The highest BCUT2D eigenvalue weighted by Crippen LogP contribution is 2.21. The van der Waals surface area contributed by atoms with Crippen LogP contribution in [0, 0.1) is 6.92 Å². The highest BCUT2D eigenvalue weighted by Gasteiger charge is 1.98. The molecule has 0 saturated carbocycles. The second-order valence-corrected chi connectivity index (χ2v) is 4.58. The summed E-state index contributed by atoms with van der Waals surface area (Å²) in [6, 6.07) is 2.07. The van der Waals surface area contributed by atoms with Crippen LogP contribution >= 0.6 is 27.7 Å². The first-order valence-electron chi connectivity index (χ1n) is 3.98. The summed E-state index contributed by atoms with van der Waals surface area (Å²) in [5, 5.41) is 1.05. The van der Waals surface area contributed by atoms with Crippen molar-refractivity contribution in [2.45, 2.75) is 11.9 Å². The van der Waals surface area contributed by atoms with Crippen molar-refractivity contribution in [1.82, 2.24) is 4.98 Å². The molecule has 0 aromatic carbocycles. The fourth-order valence-electron chi connectivity index (χ4n) is 0.822. The Labute approximate surface area is 91.2 Å². The second kappa shape index (κ2) is 5.62. The van der Waals surface area contributed by atoms with Gasteiger partial charge in [0, 0.05) is 23.5 Å². The minimum absolute atomic E-state index is 0.765. The van der Waals surface area contributed by atoms with Crippen LogP contribution in [0.25, 0.3) is 0 Å². The SMILES string of the molecule is COCCSc1cc(C)c(Br)cn1. The minimum atomic E-state index is 0.765. The zero-order chi connectivity index (χ0) is 9.68. The van der Waals surface area contributed by atoms with Crippen LogP contribution in [0.2, 0.25) is 0 Å². The van der Waals surface area contributed by atoms with E-state index in [9.17, 15) is 0 Å². The number of nitrogens with zero attached hydrogens (tertiary/aromatic N) is 1. The van der Waals surface area contributed by atoms with Gasteiger partial charge in [-0.15, -0.1) is 11.8 Å². The zero-order valence-electron chi connectivity index (χ0n) is 7.71. The van der Waals surface area contributed by atoms with E-state index in [2.05, 4.69) is 33.9 Å². The van der Waals surface area contributed by atoms with Crippen molar-refractivity contribution in [1.29, 1.82) is 0 Å². The summed E-state index contributed by atoms with van der Waals surface area (Å²) in [4.78, 5) is 4.27. The molecular weight excluding hydrogens is 250 g/mol. The Morgan fingerprint density at radius 1 is 1.62 bits per heavy atom. The lowest BCUT2D eigenvalue weighted by atomic mass is 10.3. The average molecular weight is 262 g/mol. The van der Waals surface area contributed by atoms with Crippen LogP contribution in [0.4, 0.5) is 0 Å². The largest absolute Gasteiger partial charge is 0.384 e. The van der Waals surface area contributed by atoms with Gasteiger partial charge in [0.2, 0.25) is 0 Å². The molecule has 0 aliphatic heterocycles. The maximum absolute atomic E-state index is 4.96. The van der Waals surface area contributed by atoms with Crippen molar-refractivity contribution in [3.63, 3.8) is 0 Å². The molecule has 0 unspecified atom stereocenters. The van der Waals surface area contributed by atoms with Crippen LogP contribution in [-0.2, 0) is 4.74 Å². The monoisotopic (exact) mass is 261 g/mol. The number of ether oxygens (including phenoxy) is 1. The average Bonchev–Trinajstić information content (AvgIpc) is 2.12. The highest BCUT2D eigenvalue weighted by atomic mass is 79.9. The van der Waals surface area contributed by atoms with Crippen molar-refractivity contribution < 1.29 is 4.74 Å². The van der Waals surface area contributed by atoms with E-state index in [4.69, 9.17) is 4.74 Å². The molecule has 0 aliphatic rings. The van der Waals surface area contributed by atoms with E-state index in [1.165, 1.54) is 5.56 Å². The third kappa shape index (κ3) is 3.67. The van der Waals surface area contributed by atoms with E-state index in [0.29, 0.717) is 0 Å². The van der Waals surface area contributed by atoms with Crippen molar-refractivity contribution in [3.05, 3.63) is 22.3 Å². The summed E-state index contributed by atoms with van der Waals surface area (Å²) in [5.41, 5.74) is 1.22. The number of hydrogen-bond donors (Lipinski definition) is 0. The van der Waals surface area contributed by atoms with Crippen LogP contribution in [0.5, 0.6) is 0 Å². The van der Waals surface area contributed by atoms with E-state index >= 15 is 0 Å². The molecule has 72 valence electrons. The summed E-state index contributed by atoms with van der Waals surface area (Å²) >= 11 is 5.13. The molecule has 1 heterocycles. The Kier molecular flexibility index (Phi) is 4.77. The molecule has 0 aliphatic carbocycles. The number of methoxy groups -OCH3 is 1. The number of aromatic nitrogens is 1. The minimum Gasteiger partial charge on any atom is -0.384 e. The molecule has 0 amide bonds. The molecule has 1 rings (SSSR count). The van der Waals surface area contributed by atoms with Crippen molar-refractivity contribution in [2.75, 3.05) is 19.5 Å². The van der Waals surface area contributed by atoms with Crippen LogP contribution in [-0.4, -0.2) is 24.5 Å². The van der Waals surface area contributed by atoms with Gasteiger partial charge in [0.25, 0.3) is 0 Å². The zero-order valence-corrected chi connectivity index (χ0v) is 10.1. The van der Waals surface area contributed by atoms with Gasteiger partial charge in [-0.25, -0.2) is 4.98 Å². The number of thioether (sulfide) groups is 1. The second-order valence-electron chi connectivity index (χ2n) is 2.61. The van der Waals surface area contributed by atoms with Crippen molar-refractivity contribution in [3.8, 4) is 0 Å². The van der Waals surface area contributed by atoms with Gasteiger partial charge in [-0.05, 0) is 34.5 Å². The number of pyridine rings is 1. The number of hydrogen-bond acceptors (Lipinski definition) is 3. The Bertz CT molecular complexity index is 280. The third-order valence-corrected chi connectivity index (χ3v) is 3.28. The maximum atomic E-state index is 4.96. The summed E-state index contributed by atoms with van der Waals surface area (Å²) in [7, 11) is 1.71. The lowest BCUT2D eigenvalue weighted by Gasteiger charge is -2.02. The molecule has 1 aromatic rings. The normalized spacial score (nSPS) is 10.4. The molecule has 1 aromatic heterocycles. The molecule has 0 atom stereocenters. The Hall–Kier alpha value is -0.0600. The van der Waals surface area contributed by atoms with Gasteiger partial charge in [0.1, 0.15) is 0 Å². The predicted octanol–water partition coefficient (Wildman–Crippen LogP) is 2.89. The van der Waals surface area contributed by atoms with Gasteiger partial charge < -0.3 is 4.74 Å². The van der Waals surface area contributed by atoms with Gasteiger partial charge in [-0.2, -0.15) is 0 Å². The predicted molar refractivity (Wildman–Crippen MR) is 59.3 cm³/mol. The van der Waals surface area contributed by atoms with Crippen molar-refractivity contribution >= 4 is 27.7 Å². The molecule has 0 spiro atoms. The number of aryl methyl sites for hydroxylation is 1. The fraction of sp³-hybridized carbons (Fsp3) is 0.444. The van der Waals surface area contributed by atoms with Crippen LogP contribution in [0.3, 0.4) is 0 Å². The van der Waals surface area contributed by atoms with Gasteiger partial charge in [-0.1, -0.05) is 0 Å². The summed E-state index contributed by atoms with van der Waals surface area (Å²) in [6.07, 6.45) is 1.84. The van der Waals surface area contributed by atoms with Gasteiger partial charge in [0.05, 0.1) is 11.6 Å². The highest BCUT2D eigenvalue weighted by molar-refractivity contribution is 9.10. The third-order valence-electron chi connectivity index (χ3n) is 1.56. The molecule has 0 bridgehead atoms. The smallest absolute Gasteiger partial charge is 0.0964 e. The molecule has 0 radical (unpaired) electrons. The van der Waals surface area contributed by atoms with E-state index in [1.807, 2.05) is 6.20 Å². The quantitative estimate of drug-likeness (QED) is 0.615. The van der Waals surface area contributed by atoms with E-state index in [0.717, 1.165) is 21.9 Å². The molecule has 13 heavy (non-hydrogen) atoms. The van der Waals surface area contributed by atoms with Crippen LogP contribution < -0.4 is 0 Å². The Balaban J connectivity index is 2.53. The standard InChI is InChI=1S/C9H12BrNOS/c1-7-5-9(11-6-8(7)10)13-4-3-12-2/h5-6H,3-4H2,1-2H3. The number of halogens is 1. The summed E-state index contributed by atoms with van der Waals surface area (Å²) < 4.78 is 6.02. The Morgan fingerprint density at radius 2 is 2.38 bits per heavy atom. The first-order valence-corrected chi connectivity index (χ1v) is 5.76. The lowest BCUT2D eigenvalue weighted by Crippen LogP contribution is -1.92. The van der Waals surface area contributed by atoms with Crippen molar-refractivity contribution in [2.24, 2.45) is 0 Å². The van der Waals surface area contributed by atoms with E-state index in [-0.39, 0.29) is 0 Å². The topological polar surface area (TPSA) is 22.1 Å². The fourth-order valence-corrected chi connectivity index (χ4v) is 1.89. The molecule has 0 N–H and O–H groups in total. The molecule has 0 fully saturated rings. The molecule has 4 heteroatoms. The molecular formula is C9H12BrNOS. The van der Waals surface area contributed by atoms with Crippen LogP contribution in [0.1, 0.15) is 5.56 Å².